The molecule has 25 heavy (non-hydrogen) atoms. The highest BCUT2D eigenvalue weighted by atomic mass is 32.2. The molecule has 3 rings (SSSR count). The van der Waals surface area contributed by atoms with Crippen molar-refractivity contribution in [3.63, 3.8) is 0 Å². The van der Waals surface area contributed by atoms with E-state index in [1.807, 2.05) is 49.4 Å². The van der Waals surface area contributed by atoms with E-state index in [4.69, 9.17) is 5.73 Å². The monoisotopic (exact) mass is 350 g/mol. The molecule has 3 N–H and O–H groups in total. The number of anilines is 2. The first-order valence-corrected chi connectivity index (χ1v) is 8.59. The maximum Gasteiger partial charge on any atom is 0.255 e. The van der Waals surface area contributed by atoms with Gasteiger partial charge in [0, 0.05) is 10.5 Å². The molecule has 1 heterocycles. The van der Waals surface area contributed by atoms with Crippen molar-refractivity contribution < 1.29 is 4.79 Å². The number of aryl methyl sites for hydroxylation is 2. The average molecular weight is 350 g/mol. The Balaban J connectivity index is 1.92. The molecule has 0 spiro atoms. The molecule has 2 aromatic carbocycles. The third-order valence-corrected chi connectivity index (χ3v) is 4.52. The second-order valence-electron chi connectivity index (χ2n) is 5.57. The summed E-state index contributed by atoms with van der Waals surface area (Å²) in [6.45, 7) is 3.75. The van der Waals surface area contributed by atoms with Crippen LogP contribution < -0.4 is 11.1 Å². The minimum atomic E-state index is -0.242. The number of hydrogen-bond donors (Lipinski definition) is 2. The summed E-state index contributed by atoms with van der Waals surface area (Å²) in [6, 6.07) is 17.1. The third-order valence-electron chi connectivity index (χ3n) is 3.53. The van der Waals surface area contributed by atoms with E-state index in [1.165, 1.54) is 11.8 Å². The maximum atomic E-state index is 12.5. The summed E-state index contributed by atoms with van der Waals surface area (Å²) in [7, 11) is 0. The van der Waals surface area contributed by atoms with Crippen molar-refractivity contribution in [3.05, 3.63) is 71.5 Å². The molecule has 0 bridgehead atoms. The molecule has 126 valence electrons. The molecule has 0 aliphatic rings. The van der Waals surface area contributed by atoms with Gasteiger partial charge in [-0.05, 0) is 38.1 Å². The molecular formula is C19H18N4OS. The van der Waals surface area contributed by atoms with Crippen LogP contribution in [-0.4, -0.2) is 15.9 Å². The van der Waals surface area contributed by atoms with Crippen LogP contribution in [0.5, 0.6) is 0 Å². The molecule has 3 aromatic rings. The first-order valence-electron chi connectivity index (χ1n) is 7.78. The molecule has 0 atom stereocenters. The number of carbonyl (C=O) groups excluding carboxylic acids is 1. The molecule has 0 radical (unpaired) electrons. The number of carbonyl (C=O) groups is 1. The number of nitrogens with two attached hydrogens (primary N) is 1. The zero-order chi connectivity index (χ0) is 17.8. The molecular weight excluding hydrogens is 332 g/mol. The van der Waals surface area contributed by atoms with Gasteiger partial charge in [0.05, 0.1) is 0 Å². The van der Waals surface area contributed by atoms with Crippen LogP contribution in [0.15, 0.2) is 64.5 Å². The Hall–Kier alpha value is -2.86. The van der Waals surface area contributed by atoms with Crippen molar-refractivity contribution in [1.82, 2.24) is 9.97 Å². The number of benzene rings is 2. The first kappa shape index (κ1) is 17.0. The lowest BCUT2D eigenvalue weighted by Gasteiger charge is -2.13. The van der Waals surface area contributed by atoms with Gasteiger partial charge in [-0.2, -0.15) is 0 Å². The van der Waals surface area contributed by atoms with Crippen molar-refractivity contribution in [2.45, 2.75) is 23.8 Å². The van der Waals surface area contributed by atoms with Gasteiger partial charge in [-0.1, -0.05) is 47.7 Å². The van der Waals surface area contributed by atoms with Gasteiger partial charge in [-0.25, -0.2) is 9.97 Å². The van der Waals surface area contributed by atoms with Gasteiger partial charge in [-0.15, -0.1) is 0 Å². The van der Waals surface area contributed by atoms with Gasteiger partial charge in [0.2, 0.25) is 0 Å². The Kier molecular flexibility index (Phi) is 5.00. The molecule has 0 fully saturated rings. The Morgan fingerprint density at radius 1 is 1.00 bits per heavy atom. The van der Waals surface area contributed by atoms with E-state index in [0.29, 0.717) is 22.1 Å². The van der Waals surface area contributed by atoms with E-state index < -0.39 is 0 Å². The Bertz CT molecular complexity index is 895. The minimum absolute atomic E-state index is 0.242. The van der Waals surface area contributed by atoms with E-state index >= 15 is 0 Å². The van der Waals surface area contributed by atoms with Crippen molar-refractivity contribution in [1.29, 1.82) is 0 Å². The highest BCUT2D eigenvalue weighted by Crippen LogP contribution is 2.34. The molecule has 0 saturated heterocycles. The zero-order valence-corrected chi connectivity index (χ0v) is 14.8. The van der Waals surface area contributed by atoms with Crippen LogP contribution in [0.25, 0.3) is 0 Å². The summed E-state index contributed by atoms with van der Waals surface area (Å²) in [5.41, 5.74) is 8.13. The predicted octanol–water partition coefficient (Wildman–Crippen LogP) is 4.08. The van der Waals surface area contributed by atoms with Crippen molar-refractivity contribution in [2.24, 2.45) is 0 Å². The van der Waals surface area contributed by atoms with E-state index in [2.05, 4.69) is 15.3 Å². The fraction of sp³-hybridized carbons (Fsp3) is 0.105. The summed E-state index contributed by atoms with van der Waals surface area (Å²) in [4.78, 5) is 22.2. The van der Waals surface area contributed by atoms with Crippen LogP contribution in [0.1, 0.15) is 21.7 Å². The summed E-state index contributed by atoms with van der Waals surface area (Å²) in [5.74, 6) is 0.574. The summed E-state index contributed by atoms with van der Waals surface area (Å²) in [6.07, 6.45) is 0. The molecule has 0 saturated carbocycles. The Morgan fingerprint density at radius 2 is 1.68 bits per heavy atom. The SMILES string of the molecule is Cc1ccc(C(=O)Nc2c(N)nc(C)nc2Sc2ccccc2)cc1. The second-order valence-corrected chi connectivity index (χ2v) is 6.63. The number of amides is 1. The number of aromatic nitrogens is 2. The third kappa shape index (κ3) is 4.16. The number of rotatable bonds is 4. The van der Waals surface area contributed by atoms with E-state index in [1.54, 1.807) is 19.1 Å². The Morgan fingerprint density at radius 3 is 2.36 bits per heavy atom. The quantitative estimate of drug-likeness (QED) is 0.693. The van der Waals surface area contributed by atoms with Gasteiger partial charge < -0.3 is 11.1 Å². The van der Waals surface area contributed by atoms with Crippen LogP contribution in [0.4, 0.5) is 11.5 Å². The summed E-state index contributed by atoms with van der Waals surface area (Å²) >= 11 is 1.44. The Labute approximate surface area is 150 Å². The topological polar surface area (TPSA) is 80.9 Å². The zero-order valence-electron chi connectivity index (χ0n) is 14.0. The maximum absolute atomic E-state index is 12.5. The first-order chi connectivity index (χ1) is 12.0. The van der Waals surface area contributed by atoms with Crippen LogP contribution >= 0.6 is 11.8 Å². The average Bonchev–Trinajstić information content (AvgIpc) is 2.59. The lowest BCUT2D eigenvalue weighted by atomic mass is 10.1. The summed E-state index contributed by atoms with van der Waals surface area (Å²) in [5, 5.41) is 3.47. The van der Waals surface area contributed by atoms with Gasteiger partial charge in [0.15, 0.2) is 5.82 Å². The van der Waals surface area contributed by atoms with Gasteiger partial charge in [-0.3, -0.25) is 4.79 Å². The van der Waals surface area contributed by atoms with Crippen LogP contribution in [0.3, 0.4) is 0 Å². The predicted molar refractivity (Wildman–Crippen MR) is 101 cm³/mol. The molecule has 0 aliphatic heterocycles. The van der Waals surface area contributed by atoms with Crippen molar-refractivity contribution in [2.75, 3.05) is 11.1 Å². The molecule has 5 nitrogen and oxygen atoms in total. The van der Waals surface area contributed by atoms with Crippen LogP contribution in [0, 0.1) is 13.8 Å². The molecule has 6 heteroatoms. The fourth-order valence-electron chi connectivity index (χ4n) is 2.25. The lowest BCUT2D eigenvalue weighted by Crippen LogP contribution is -2.15. The van der Waals surface area contributed by atoms with E-state index in [-0.39, 0.29) is 11.7 Å². The number of hydrogen-bond acceptors (Lipinski definition) is 5. The molecule has 1 aromatic heterocycles. The smallest absolute Gasteiger partial charge is 0.255 e. The van der Waals surface area contributed by atoms with Gasteiger partial charge in [0.1, 0.15) is 16.5 Å². The normalized spacial score (nSPS) is 10.5. The standard InChI is InChI=1S/C19H18N4OS/c1-12-8-10-14(11-9-12)18(24)23-16-17(20)21-13(2)22-19(16)25-15-6-4-3-5-7-15/h3-11H,1-2H3,(H,23,24)(H2,20,21,22). The van der Waals surface area contributed by atoms with E-state index in [9.17, 15) is 4.79 Å². The summed E-state index contributed by atoms with van der Waals surface area (Å²) < 4.78 is 0. The van der Waals surface area contributed by atoms with Crippen molar-refractivity contribution >= 4 is 29.2 Å². The van der Waals surface area contributed by atoms with Gasteiger partial charge >= 0.3 is 0 Å². The van der Waals surface area contributed by atoms with Crippen molar-refractivity contribution in [3.8, 4) is 0 Å². The second kappa shape index (κ2) is 7.36. The number of nitrogen functional groups attached to an aromatic ring is 1. The molecule has 0 unspecified atom stereocenters. The molecule has 0 aliphatic carbocycles. The largest absolute Gasteiger partial charge is 0.382 e. The number of nitrogens with one attached hydrogen (secondary N) is 1. The lowest BCUT2D eigenvalue weighted by molar-refractivity contribution is 0.102. The number of nitrogens with zero attached hydrogens (tertiary/aromatic N) is 2. The van der Waals surface area contributed by atoms with E-state index in [0.717, 1.165) is 10.5 Å². The van der Waals surface area contributed by atoms with Crippen LogP contribution in [-0.2, 0) is 0 Å². The molecule has 1 amide bonds. The van der Waals surface area contributed by atoms with Crippen LogP contribution in [0.2, 0.25) is 0 Å². The minimum Gasteiger partial charge on any atom is -0.382 e. The highest BCUT2D eigenvalue weighted by Gasteiger charge is 2.16. The highest BCUT2D eigenvalue weighted by molar-refractivity contribution is 7.99. The fourth-order valence-corrected chi connectivity index (χ4v) is 3.20. The van der Waals surface area contributed by atoms with Gasteiger partial charge in [0.25, 0.3) is 5.91 Å².